The maximum Gasteiger partial charge on any atom is 0.161 e. The van der Waals surface area contributed by atoms with Crippen LogP contribution in [-0.2, 0) is 11.3 Å². The van der Waals surface area contributed by atoms with E-state index >= 15 is 0 Å². The first-order chi connectivity index (χ1) is 8.83. The summed E-state index contributed by atoms with van der Waals surface area (Å²) in [6.45, 7) is 2.39. The van der Waals surface area contributed by atoms with Gasteiger partial charge in [0, 0.05) is 13.7 Å². The van der Waals surface area contributed by atoms with Crippen LogP contribution in [-0.4, -0.2) is 44.7 Å². The summed E-state index contributed by atoms with van der Waals surface area (Å²) in [6, 6.07) is 5.81. The Hall–Kier alpha value is -1.30. The number of hydrogen-bond donors (Lipinski definition) is 2. The normalized spacial score (nSPS) is 15.4. The van der Waals surface area contributed by atoms with E-state index in [1.165, 1.54) is 0 Å². The molecule has 0 saturated carbocycles. The standard InChI is InChI=1S/C13H19NO4/c1-16-9-11(8-15)14-7-10-2-3-12-13(6-10)18-5-4-17-12/h2-3,6,11,14-15H,4-5,7-9H2,1H3. The van der Waals surface area contributed by atoms with Crippen molar-refractivity contribution in [1.82, 2.24) is 5.32 Å². The van der Waals surface area contributed by atoms with Crippen molar-refractivity contribution in [3.63, 3.8) is 0 Å². The molecule has 0 bridgehead atoms. The molecule has 1 aliphatic rings. The molecule has 100 valence electrons. The minimum Gasteiger partial charge on any atom is -0.486 e. The van der Waals surface area contributed by atoms with Gasteiger partial charge in [-0.1, -0.05) is 6.07 Å². The summed E-state index contributed by atoms with van der Waals surface area (Å²) < 4.78 is 16.0. The summed E-state index contributed by atoms with van der Waals surface area (Å²) in [5.74, 6) is 1.58. The van der Waals surface area contributed by atoms with E-state index in [1.807, 2.05) is 18.2 Å². The molecule has 2 rings (SSSR count). The molecule has 1 aromatic rings. The molecular weight excluding hydrogens is 234 g/mol. The molecule has 0 saturated heterocycles. The lowest BCUT2D eigenvalue weighted by molar-refractivity contribution is 0.128. The van der Waals surface area contributed by atoms with Crippen molar-refractivity contribution in [2.24, 2.45) is 0 Å². The van der Waals surface area contributed by atoms with E-state index in [0.717, 1.165) is 17.1 Å². The van der Waals surface area contributed by atoms with Gasteiger partial charge in [0.15, 0.2) is 11.5 Å². The van der Waals surface area contributed by atoms with Gasteiger partial charge >= 0.3 is 0 Å². The third-order valence-electron chi connectivity index (χ3n) is 2.79. The Bertz CT molecular complexity index is 383. The molecule has 2 N–H and O–H groups in total. The molecule has 18 heavy (non-hydrogen) atoms. The minimum atomic E-state index is -0.0526. The van der Waals surface area contributed by atoms with Crippen molar-refractivity contribution in [1.29, 1.82) is 0 Å². The van der Waals surface area contributed by atoms with Crippen LogP contribution in [0.2, 0.25) is 0 Å². The van der Waals surface area contributed by atoms with Crippen LogP contribution < -0.4 is 14.8 Å². The molecular formula is C13H19NO4. The molecule has 1 unspecified atom stereocenters. The summed E-state index contributed by atoms with van der Waals surface area (Å²) in [7, 11) is 1.62. The second kappa shape index (κ2) is 6.58. The number of aliphatic hydroxyl groups excluding tert-OH is 1. The highest BCUT2D eigenvalue weighted by molar-refractivity contribution is 5.43. The van der Waals surface area contributed by atoms with Crippen molar-refractivity contribution < 1.29 is 19.3 Å². The SMILES string of the molecule is COCC(CO)NCc1ccc2c(c1)OCCO2. The van der Waals surface area contributed by atoms with Crippen LogP contribution in [0.3, 0.4) is 0 Å². The summed E-state index contributed by atoms with van der Waals surface area (Å²) >= 11 is 0. The lowest BCUT2D eigenvalue weighted by atomic mass is 10.2. The average molecular weight is 253 g/mol. The number of hydrogen-bond acceptors (Lipinski definition) is 5. The topological polar surface area (TPSA) is 60.0 Å². The molecule has 1 atom stereocenters. The van der Waals surface area contributed by atoms with E-state index in [-0.39, 0.29) is 12.6 Å². The maximum absolute atomic E-state index is 9.14. The second-order valence-corrected chi connectivity index (χ2v) is 4.19. The molecule has 0 amide bonds. The molecule has 0 aliphatic carbocycles. The Morgan fingerprint density at radius 1 is 1.33 bits per heavy atom. The number of ether oxygens (including phenoxy) is 3. The van der Waals surface area contributed by atoms with Gasteiger partial charge in [0.05, 0.1) is 19.3 Å². The zero-order valence-electron chi connectivity index (χ0n) is 10.5. The Morgan fingerprint density at radius 2 is 2.11 bits per heavy atom. The van der Waals surface area contributed by atoms with Gasteiger partial charge in [0.1, 0.15) is 13.2 Å². The lowest BCUT2D eigenvalue weighted by Gasteiger charge is -2.20. The third-order valence-corrected chi connectivity index (χ3v) is 2.79. The zero-order chi connectivity index (χ0) is 12.8. The quantitative estimate of drug-likeness (QED) is 0.775. The number of nitrogens with one attached hydrogen (secondary N) is 1. The first-order valence-electron chi connectivity index (χ1n) is 6.05. The van der Waals surface area contributed by atoms with Gasteiger partial charge in [-0.05, 0) is 17.7 Å². The van der Waals surface area contributed by atoms with Crippen molar-refractivity contribution in [2.45, 2.75) is 12.6 Å². The summed E-state index contributed by atoms with van der Waals surface area (Å²) in [4.78, 5) is 0. The molecule has 1 aliphatic heterocycles. The zero-order valence-corrected chi connectivity index (χ0v) is 10.5. The molecule has 1 heterocycles. The minimum absolute atomic E-state index is 0.0526. The van der Waals surface area contributed by atoms with Crippen LogP contribution in [0, 0.1) is 0 Å². The third kappa shape index (κ3) is 3.35. The van der Waals surface area contributed by atoms with Crippen LogP contribution in [0.25, 0.3) is 0 Å². The Kier molecular flexibility index (Phi) is 4.81. The number of aliphatic hydroxyl groups is 1. The summed E-state index contributed by atoms with van der Waals surface area (Å²) in [6.07, 6.45) is 0. The van der Waals surface area contributed by atoms with E-state index in [9.17, 15) is 0 Å². The number of methoxy groups -OCH3 is 1. The van der Waals surface area contributed by atoms with Gasteiger partial charge in [0.2, 0.25) is 0 Å². The largest absolute Gasteiger partial charge is 0.486 e. The summed E-state index contributed by atoms with van der Waals surface area (Å²) in [5, 5.41) is 12.4. The van der Waals surface area contributed by atoms with Crippen LogP contribution in [0.1, 0.15) is 5.56 Å². The predicted octanol–water partition coefficient (Wildman–Crippen LogP) is 0.555. The maximum atomic E-state index is 9.14. The molecule has 1 aromatic carbocycles. The van der Waals surface area contributed by atoms with Crippen LogP contribution in [0.5, 0.6) is 11.5 Å². The predicted molar refractivity (Wildman–Crippen MR) is 67.0 cm³/mol. The molecule has 0 radical (unpaired) electrons. The first kappa shape index (κ1) is 13.1. The highest BCUT2D eigenvalue weighted by atomic mass is 16.6. The van der Waals surface area contributed by atoms with Gasteiger partial charge in [-0.3, -0.25) is 0 Å². The van der Waals surface area contributed by atoms with Crippen LogP contribution >= 0.6 is 0 Å². The fourth-order valence-electron chi connectivity index (χ4n) is 1.84. The smallest absolute Gasteiger partial charge is 0.161 e. The Labute approximate surface area is 107 Å². The van der Waals surface area contributed by atoms with Gasteiger partial charge < -0.3 is 24.6 Å². The van der Waals surface area contributed by atoms with Gasteiger partial charge in [-0.25, -0.2) is 0 Å². The van der Waals surface area contributed by atoms with Crippen LogP contribution in [0.15, 0.2) is 18.2 Å². The number of rotatable bonds is 6. The second-order valence-electron chi connectivity index (χ2n) is 4.19. The van der Waals surface area contributed by atoms with Crippen molar-refractivity contribution in [3.05, 3.63) is 23.8 Å². The van der Waals surface area contributed by atoms with Crippen molar-refractivity contribution >= 4 is 0 Å². The van der Waals surface area contributed by atoms with Gasteiger partial charge in [0.25, 0.3) is 0 Å². The van der Waals surface area contributed by atoms with E-state index in [2.05, 4.69) is 5.32 Å². The first-order valence-corrected chi connectivity index (χ1v) is 6.05. The summed E-state index contributed by atoms with van der Waals surface area (Å²) in [5.41, 5.74) is 1.09. The van der Waals surface area contributed by atoms with E-state index in [4.69, 9.17) is 19.3 Å². The number of benzene rings is 1. The fraction of sp³-hybridized carbons (Fsp3) is 0.538. The Morgan fingerprint density at radius 3 is 2.83 bits per heavy atom. The number of fused-ring (bicyclic) bond motifs is 1. The Balaban J connectivity index is 1.93. The van der Waals surface area contributed by atoms with E-state index in [1.54, 1.807) is 7.11 Å². The lowest BCUT2D eigenvalue weighted by Crippen LogP contribution is -2.35. The molecule has 5 nitrogen and oxygen atoms in total. The fourth-order valence-corrected chi connectivity index (χ4v) is 1.84. The van der Waals surface area contributed by atoms with Crippen molar-refractivity contribution in [3.8, 4) is 11.5 Å². The average Bonchev–Trinajstić information content (AvgIpc) is 2.43. The molecule has 0 aromatic heterocycles. The van der Waals surface area contributed by atoms with Gasteiger partial charge in [-0.2, -0.15) is 0 Å². The highest BCUT2D eigenvalue weighted by Crippen LogP contribution is 2.30. The van der Waals surface area contributed by atoms with Crippen molar-refractivity contribution in [2.75, 3.05) is 33.5 Å². The van der Waals surface area contributed by atoms with E-state index in [0.29, 0.717) is 26.4 Å². The monoisotopic (exact) mass is 253 g/mol. The molecule has 0 fully saturated rings. The molecule has 0 spiro atoms. The van der Waals surface area contributed by atoms with Gasteiger partial charge in [-0.15, -0.1) is 0 Å². The van der Waals surface area contributed by atoms with Crippen LogP contribution in [0.4, 0.5) is 0 Å². The van der Waals surface area contributed by atoms with E-state index < -0.39 is 0 Å². The highest BCUT2D eigenvalue weighted by Gasteiger charge is 2.12. The molecule has 5 heteroatoms.